The molecule has 1 aromatic rings. The first-order valence-corrected chi connectivity index (χ1v) is 4.34. The van der Waals surface area contributed by atoms with Crippen LogP contribution < -0.4 is 0 Å². The lowest BCUT2D eigenvalue weighted by Gasteiger charge is -2.10. The Morgan fingerprint density at radius 3 is 2.79 bits per heavy atom. The molecular weight excluding hydrogens is 187 g/mol. The van der Waals surface area contributed by atoms with E-state index in [1.165, 1.54) is 20.0 Å². The van der Waals surface area contributed by atoms with Gasteiger partial charge in [-0.25, -0.2) is 9.37 Å². The number of hydrogen-bond acceptors (Lipinski definition) is 2. The molecule has 0 saturated heterocycles. The van der Waals surface area contributed by atoms with Gasteiger partial charge < -0.3 is 10.1 Å². The molecule has 1 rings (SSSR count). The molecule has 2 N–H and O–H groups in total. The van der Waals surface area contributed by atoms with Crippen molar-refractivity contribution in [3.05, 3.63) is 17.7 Å². The number of nitrogens with zero attached hydrogens (tertiary/aromatic N) is 1. The Bertz CT molecular complexity index is 328. The molecule has 14 heavy (non-hydrogen) atoms. The molecule has 0 aliphatic rings. The normalized spacial score (nSPS) is 11.6. The lowest BCUT2D eigenvalue weighted by atomic mass is 10.1. The summed E-state index contributed by atoms with van der Waals surface area (Å²) in [5.41, 5.74) is -1.09. The highest BCUT2D eigenvalue weighted by molar-refractivity contribution is 5.66. The van der Waals surface area contributed by atoms with Gasteiger partial charge in [-0.3, -0.25) is 4.79 Å². The van der Waals surface area contributed by atoms with Gasteiger partial charge in [0, 0.05) is 6.42 Å². The molecule has 0 unspecified atom stereocenters. The largest absolute Gasteiger partial charge is 0.481 e. The van der Waals surface area contributed by atoms with Crippen molar-refractivity contribution in [1.82, 2.24) is 9.97 Å². The van der Waals surface area contributed by atoms with Crippen molar-refractivity contribution >= 4 is 5.97 Å². The summed E-state index contributed by atoms with van der Waals surface area (Å²) in [6, 6.07) is 0. The first-order chi connectivity index (χ1) is 6.39. The van der Waals surface area contributed by atoms with Crippen LogP contribution in [0.15, 0.2) is 6.20 Å². The minimum Gasteiger partial charge on any atom is -0.481 e. The molecule has 0 aliphatic carbocycles. The number of carbonyl (C=O) groups is 1. The molecule has 0 fully saturated rings. The average Bonchev–Trinajstić information content (AvgIpc) is 2.47. The number of halogens is 1. The highest BCUT2D eigenvalue weighted by atomic mass is 19.1. The lowest BCUT2D eigenvalue weighted by Crippen LogP contribution is -2.09. The van der Waals surface area contributed by atoms with Gasteiger partial charge in [0.2, 0.25) is 0 Å². The monoisotopic (exact) mass is 200 g/mol. The predicted octanol–water partition coefficient (Wildman–Crippen LogP) is 1.63. The molecule has 0 saturated carbocycles. The van der Waals surface area contributed by atoms with Gasteiger partial charge in [0.1, 0.15) is 11.5 Å². The number of rotatable bonds is 4. The number of carboxylic acids is 1. The lowest BCUT2D eigenvalue weighted by molar-refractivity contribution is -0.137. The topological polar surface area (TPSA) is 66.0 Å². The Hall–Kier alpha value is -1.39. The zero-order valence-corrected chi connectivity index (χ0v) is 8.17. The van der Waals surface area contributed by atoms with Gasteiger partial charge in [0.05, 0.1) is 18.3 Å². The van der Waals surface area contributed by atoms with Gasteiger partial charge in [-0.15, -0.1) is 0 Å². The third-order valence-corrected chi connectivity index (χ3v) is 1.84. The molecule has 1 heterocycles. The Morgan fingerprint density at radius 1 is 1.71 bits per heavy atom. The molecule has 0 bridgehead atoms. The number of hydrogen-bond donors (Lipinski definition) is 2. The van der Waals surface area contributed by atoms with Crippen LogP contribution in [0.1, 0.15) is 31.8 Å². The fraction of sp³-hybridized carbons (Fsp3) is 0.556. The molecule has 0 spiro atoms. The molecular formula is C9H13FN2O2. The summed E-state index contributed by atoms with van der Waals surface area (Å²) in [6.07, 6.45) is 1.70. The summed E-state index contributed by atoms with van der Waals surface area (Å²) >= 11 is 0. The minimum absolute atomic E-state index is 0.000330. The Kier molecular flexibility index (Phi) is 2.88. The summed E-state index contributed by atoms with van der Waals surface area (Å²) in [4.78, 5) is 16.9. The molecule has 0 atom stereocenters. The van der Waals surface area contributed by atoms with Crippen LogP contribution in [0.25, 0.3) is 0 Å². The van der Waals surface area contributed by atoms with Crippen LogP contribution in [0.4, 0.5) is 4.39 Å². The maximum atomic E-state index is 13.3. The summed E-state index contributed by atoms with van der Waals surface area (Å²) in [5, 5.41) is 8.43. The van der Waals surface area contributed by atoms with Crippen LogP contribution in [0.3, 0.4) is 0 Å². The van der Waals surface area contributed by atoms with Gasteiger partial charge in [0.15, 0.2) is 0 Å². The summed E-state index contributed by atoms with van der Waals surface area (Å²) < 4.78 is 13.3. The van der Waals surface area contributed by atoms with E-state index in [0.29, 0.717) is 17.9 Å². The van der Waals surface area contributed by atoms with Crippen LogP contribution in [0.2, 0.25) is 0 Å². The zero-order chi connectivity index (χ0) is 10.8. The van der Waals surface area contributed by atoms with E-state index in [1.54, 1.807) is 0 Å². The number of imidazole rings is 1. The second-order valence-corrected chi connectivity index (χ2v) is 3.61. The molecule has 0 aromatic carbocycles. The van der Waals surface area contributed by atoms with Crippen LogP contribution in [0, 0.1) is 0 Å². The second kappa shape index (κ2) is 3.77. The molecule has 0 amide bonds. The third-order valence-electron chi connectivity index (χ3n) is 1.84. The first-order valence-electron chi connectivity index (χ1n) is 4.34. The molecule has 0 radical (unpaired) electrons. The highest BCUT2D eigenvalue weighted by Crippen LogP contribution is 2.22. The zero-order valence-electron chi connectivity index (χ0n) is 8.17. The average molecular weight is 200 g/mol. The van der Waals surface area contributed by atoms with Gasteiger partial charge in [-0.05, 0) is 13.8 Å². The van der Waals surface area contributed by atoms with Gasteiger partial charge in [0.25, 0.3) is 0 Å². The number of carboxylic acid groups (broad SMARTS) is 1. The Balaban J connectivity index is 2.64. The third kappa shape index (κ3) is 2.83. The molecule has 1 aromatic heterocycles. The summed E-state index contributed by atoms with van der Waals surface area (Å²) in [5.74, 6) is -0.379. The fourth-order valence-electron chi connectivity index (χ4n) is 1.02. The van der Waals surface area contributed by atoms with E-state index in [-0.39, 0.29) is 6.42 Å². The maximum absolute atomic E-state index is 13.3. The van der Waals surface area contributed by atoms with E-state index in [1.807, 2.05) is 0 Å². The number of aromatic nitrogens is 2. The van der Waals surface area contributed by atoms with Crippen molar-refractivity contribution in [3.63, 3.8) is 0 Å². The van der Waals surface area contributed by atoms with Crippen molar-refractivity contribution in [2.45, 2.75) is 32.4 Å². The highest BCUT2D eigenvalue weighted by Gasteiger charge is 2.21. The van der Waals surface area contributed by atoms with Crippen LogP contribution in [0.5, 0.6) is 0 Å². The number of aromatic amines is 1. The molecule has 0 aliphatic heterocycles. The van der Waals surface area contributed by atoms with Crippen LogP contribution in [-0.4, -0.2) is 21.0 Å². The van der Waals surface area contributed by atoms with E-state index >= 15 is 0 Å². The summed E-state index contributed by atoms with van der Waals surface area (Å²) in [7, 11) is 0. The van der Waals surface area contributed by atoms with Crippen LogP contribution >= 0.6 is 0 Å². The van der Waals surface area contributed by atoms with E-state index in [0.717, 1.165) is 0 Å². The number of aliphatic carboxylic acids is 1. The number of H-pyrrole nitrogens is 1. The standard InChI is InChI=1S/C9H13FN2O2/c1-9(2,10)6-5-11-7(12-6)3-4-8(13)14/h5H,3-4H2,1-2H3,(H,11,12)(H,13,14). The van der Waals surface area contributed by atoms with Gasteiger partial charge in [-0.1, -0.05) is 0 Å². The Labute approximate surface area is 81.2 Å². The SMILES string of the molecule is CC(C)(F)c1cnc(CCC(=O)O)[nH]1. The molecule has 5 heteroatoms. The van der Waals surface area contributed by atoms with Crippen molar-refractivity contribution in [3.8, 4) is 0 Å². The molecule has 4 nitrogen and oxygen atoms in total. The van der Waals surface area contributed by atoms with Crippen molar-refractivity contribution < 1.29 is 14.3 Å². The minimum atomic E-state index is -1.46. The Morgan fingerprint density at radius 2 is 2.36 bits per heavy atom. The number of nitrogens with one attached hydrogen (secondary N) is 1. The number of aryl methyl sites for hydroxylation is 1. The molecule has 78 valence electrons. The van der Waals surface area contributed by atoms with E-state index in [9.17, 15) is 9.18 Å². The van der Waals surface area contributed by atoms with Crippen molar-refractivity contribution in [2.24, 2.45) is 0 Å². The quantitative estimate of drug-likeness (QED) is 0.776. The van der Waals surface area contributed by atoms with Crippen molar-refractivity contribution in [1.29, 1.82) is 0 Å². The van der Waals surface area contributed by atoms with Crippen molar-refractivity contribution in [2.75, 3.05) is 0 Å². The van der Waals surface area contributed by atoms with E-state index < -0.39 is 11.6 Å². The predicted molar refractivity (Wildman–Crippen MR) is 48.7 cm³/mol. The van der Waals surface area contributed by atoms with Gasteiger partial charge in [-0.2, -0.15) is 0 Å². The van der Waals surface area contributed by atoms with E-state index in [2.05, 4.69) is 9.97 Å². The fourth-order valence-corrected chi connectivity index (χ4v) is 1.02. The second-order valence-electron chi connectivity index (χ2n) is 3.61. The van der Waals surface area contributed by atoms with Gasteiger partial charge >= 0.3 is 5.97 Å². The number of alkyl halides is 1. The maximum Gasteiger partial charge on any atom is 0.303 e. The smallest absolute Gasteiger partial charge is 0.303 e. The summed E-state index contributed by atoms with van der Waals surface area (Å²) in [6.45, 7) is 2.84. The first kappa shape index (κ1) is 10.7. The van der Waals surface area contributed by atoms with Crippen LogP contribution in [-0.2, 0) is 16.9 Å². The van der Waals surface area contributed by atoms with E-state index in [4.69, 9.17) is 5.11 Å².